The Bertz CT molecular complexity index is 521. The van der Waals surface area contributed by atoms with E-state index in [0.29, 0.717) is 5.02 Å². The van der Waals surface area contributed by atoms with Crippen molar-refractivity contribution in [3.63, 3.8) is 0 Å². The van der Waals surface area contributed by atoms with Crippen LogP contribution in [-0.4, -0.2) is 11.4 Å². The lowest BCUT2D eigenvalue weighted by Gasteiger charge is -2.42. The first-order valence-electron chi connectivity index (χ1n) is 6.77. The molecule has 0 aliphatic heterocycles. The number of benzene rings is 1. The summed E-state index contributed by atoms with van der Waals surface area (Å²) in [6.45, 7) is 4.47. The molecular formula is C15H20BrClN2O. The van der Waals surface area contributed by atoms with Crippen molar-refractivity contribution in [2.75, 3.05) is 5.32 Å². The molecule has 0 aromatic heterocycles. The second-order valence-electron chi connectivity index (χ2n) is 6.36. The number of halogens is 2. The first kappa shape index (κ1) is 15.6. The standard InChI is InChI=1S/C15H20BrClN2O/c1-14(2)5-7-15(8-6-14,13(18)20)19-10-3-4-12(17)11(16)9-10/h3-4,9,19H,5-8H2,1-2H3,(H2,18,20). The summed E-state index contributed by atoms with van der Waals surface area (Å²) in [5.41, 5.74) is 6.16. The summed E-state index contributed by atoms with van der Waals surface area (Å²) in [7, 11) is 0. The molecule has 1 fully saturated rings. The lowest BCUT2D eigenvalue weighted by molar-refractivity contribution is -0.124. The van der Waals surface area contributed by atoms with Gasteiger partial charge in [0.2, 0.25) is 5.91 Å². The molecule has 20 heavy (non-hydrogen) atoms. The van der Waals surface area contributed by atoms with Gasteiger partial charge in [0.25, 0.3) is 0 Å². The summed E-state index contributed by atoms with van der Waals surface area (Å²) in [5.74, 6) is -0.279. The van der Waals surface area contributed by atoms with E-state index < -0.39 is 5.54 Å². The molecule has 0 saturated heterocycles. The number of anilines is 1. The van der Waals surface area contributed by atoms with Crippen LogP contribution in [0.5, 0.6) is 0 Å². The van der Waals surface area contributed by atoms with E-state index in [1.54, 1.807) is 6.07 Å². The number of nitrogens with one attached hydrogen (secondary N) is 1. The molecule has 1 amide bonds. The minimum absolute atomic E-state index is 0.279. The molecule has 0 atom stereocenters. The highest BCUT2D eigenvalue weighted by atomic mass is 79.9. The molecule has 3 nitrogen and oxygen atoms in total. The van der Waals surface area contributed by atoms with Gasteiger partial charge in [-0.05, 0) is 65.2 Å². The van der Waals surface area contributed by atoms with Crippen LogP contribution < -0.4 is 11.1 Å². The van der Waals surface area contributed by atoms with Crippen molar-refractivity contribution >= 4 is 39.1 Å². The third-order valence-corrected chi connectivity index (χ3v) is 5.45. The Morgan fingerprint density at radius 2 is 1.90 bits per heavy atom. The number of nitrogens with two attached hydrogens (primary N) is 1. The largest absolute Gasteiger partial charge is 0.371 e. The molecule has 0 heterocycles. The van der Waals surface area contributed by atoms with E-state index in [4.69, 9.17) is 17.3 Å². The molecule has 1 saturated carbocycles. The fourth-order valence-electron chi connectivity index (χ4n) is 2.64. The zero-order chi connectivity index (χ0) is 15.0. The molecule has 5 heteroatoms. The van der Waals surface area contributed by atoms with Crippen molar-refractivity contribution in [2.45, 2.75) is 45.1 Å². The molecule has 0 radical (unpaired) electrons. The van der Waals surface area contributed by atoms with Gasteiger partial charge in [-0.3, -0.25) is 4.79 Å². The summed E-state index contributed by atoms with van der Waals surface area (Å²) in [6, 6.07) is 5.56. The van der Waals surface area contributed by atoms with Gasteiger partial charge in [0, 0.05) is 10.2 Å². The summed E-state index contributed by atoms with van der Waals surface area (Å²) >= 11 is 9.39. The Morgan fingerprint density at radius 1 is 1.30 bits per heavy atom. The Balaban J connectivity index is 2.22. The van der Waals surface area contributed by atoms with E-state index >= 15 is 0 Å². The Kier molecular flexibility index (Phi) is 4.35. The third-order valence-electron chi connectivity index (χ3n) is 4.23. The summed E-state index contributed by atoms with van der Waals surface area (Å²) in [6.07, 6.45) is 3.49. The molecule has 1 aromatic carbocycles. The number of carbonyl (C=O) groups is 1. The normalized spacial score (nSPS) is 20.4. The van der Waals surface area contributed by atoms with Crippen LogP contribution in [0.15, 0.2) is 22.7 Å². The molecule has 110 valence electrons. The van der Waals surface area contributed by atoms with Crippen molar-refractivity contribution in [1.82, 2.24) is 0 Å². The van der Waals surface area contributed by atoms with Crippen molar-refractivity contribution in [3.8, 4) is 0 Å². The van der Waals surface area contributed by atoms with Gasteiger partial charge in [-0.1, -0.05) is 25.4 Å². The van der Waals surface area contributed by atoms with Crippen LogP contribution in [-0.2, 0) is 4.79 Å². The van der Waals surface area contributed by atoms with Crippen LogP contribution in [0.3, 0.4) is 0 Å². The van der Waals surface area contributed by atoms with Gasteiger partial charge >= 0.3 is 0 Å². The van der Waals surface area contributed by atoms with Crippen LogP contribution in [0.4, 0.5) is 5.69 Å². The highest BCUT2D eigenvalue weighted by Crippen LogP contribution is 2.42. The molecular weight excluding hydrogens is 340 g/mol. The van der Waals surface area contributed by atoms with E-state index in [1.165, 1.54) is 0 Å². The smallest absolute Gasteiger partial charge is 0.243 e. The highest BCUT2D eigenvalue weighted by molar-refractivity contribution is 9.10. The van der Waals surface area contributed by atoms with Crippen molar-refractivity contribution in [3.05, 3.63) is 27.7 Å². The second kappa shape index (κ2) is 5.57. The average Bonchev–Trinajstić information content (AvgIpc) is 2.36. The predicted molar refractivity (Wildman–Crippen MR) is 86.9 cm³/mol. The van der Waals surface area contributed by atoms with Gasteiger partial charge < -0.3 is 11.1 Å². The summed E-state index contributed by atoms with van der Waals surface area (Å²) in [5, 5.41) is 3.98. The second-order valence-corrected chi connectivity index (χ2v) is 7.63. The van der Waals surface area contributed by atoms with Gasteiger partial charge in [-0.2, -0.15) is 0 Å². The monoisotopic (exact) mass is 358 g/mol. The van der Waals surface area contributed by atoms with E-state index in [0.717, 1.165) is 35.8 Å². The number of primary amides is 1. The first-order valence-corrected chi connectivity index (χ1v) is 7.94. The molecule has 0 bridgehead atoms. The Morgan fingerprint density at radius 3 is 2.40 bits per heavy atom. The van der Waals surface area contributed by atoms with Gasteiger partial charge in [-0.25, -0.2) is 0 Å². The lowest BCUT2D eigenvalue weighted by Crippen LogP contribution is -2.53. The van der Waals surface area contributed by atoms with Crippen molar-refractivity contribution in [1.29, 1.82) is 0 Å². The number of carbonyl (C=O) groups excluding carboxylic acids is 1. The SMILES string of the molecule is CC1(C)CCC(Nc2ccc(Cl)c(Br)c2)(C(N)=O)CC1. The topological polar surface area (TPSA) is 55.1 Å². The Labute approximate surface area is 133 Å². The van der Waals surface area contributed by atoms with Crippen LogP contribution in [0.25, 0.3) is 0 Å². The molecule has 3 N–H and O–H groups in total. The van der Waals surface area contributed by atoms with E-state index in [9.17, 15) is 4.79 Å². The maximum Gasteiger partial charge on any atom is 0.243 e. The van der Waals surface area contributed by atoms with Gasteiger partial charge in [-0.15, -0.1) is 0 Å². The number of rotatable bonds is 3. The van der Waals surface area contributed by atoms with Crippen LogP contribution in [0.1, 0.15) is 39.5 Å². The van der Waals surface area contributed by atoms with Crippen molar-refractivity contribution < 1.29 is 4.79 Å². The first-order chi connectivity index (χ1) is 9.24. The van der Waals surface area contributed by atoms with E-state index in [2.05, 4.69) is 35.1 Å². The fraction of sp³-hybridized carbons (Fsp3) is 0.533. The molecule has 2 rings (SSSR count). The Hall–Kier alpha value is -0.740. The molecule has 1 aliphatic rings. The third kappa shape index (κ3) is 3.29. The van der Waals surface area contributed by atoms with Crippen LogP contribution in [0.2, 0.25) is 5.02 Å². The maximum absolute atomic E-state index is 12.0. The van der Waals surface area contributed by atoms with Gasteiger partial charge in [0.1, 0.15) is 5.54 Å². The number of amides is 1. The maximum atomic E-state index is 12.0. The van der Waals surface area contributed by atoms with E-state index in [-0.39, 0.29) is 11.3 Å². The zero-order valence-corrected chi connectivity index (χ0v) is 14.1. The fourth-order valence-corrected chi connectivity index (χ4v) is 3.13. The predicted octanol–water partition coefficient (Wildman–Crippen LogP) is 4.34. The molecule has 1 aliphatic carbocycles. The number of hydrogen-bond donors (Lipinski definition) is 2. The van der Waals surface area contributed by atoms with Crippen molar-refractivity contribution in [2.24, 2.45) is 11.1 Å². The minimum Gasteiger partial charge on any atom is -0.371 e. The van der Waals surface area contributed by atoms with Gasteiger partial charge in [0.05, 0.1) is 5.02 Å². The molecule has 0 spiro atoms. The summed E-state index contributed by atoms with van der Waals surface area (Å²) in [4.78, 5) is 12.0. The quantitative estimate of drug-likeness (QED) is 0.843. The molecule has 1 aromatic rings. The average molecular weight is 360 g/mol. The highest BCUT2D eigenvalue weighted by Gasteiger charge is 2.42. The lowest BCUT2D eigenvalue weighted by atomic mass is 9.69. The van der Waals surface area contributed by atoms with Crippen LogP contribution >= 0.6 is 27.5 Å². The number of hydrogen-bond acceptors (Lipinski definition) is 2. The summed E-state index contributed by atoms with van der Waals surface area (Å²) < 4.78 is 0.805. The molecule has 0 unspecified atom stereocenters. The van der Waals surface area contributed by atoms with E-state index in [1.807, 2.05) is 12.1 Å². The zero-order valence-electron chi connectivity index (χ0n) is 11.8. The van der Waals surface area contributed by atoms with Crippen LogP contribution in [0, 0.1) is 5.41 Å². The minimum atomic E-state index is -0.650. The van der Waals surface area contributed by atoms with Gasteiger partial charge in [0.15, 0.2) is 0 Å².